The van der Waals surface area contributed by atoms with Crippen LogP contribution in [0.15, 0.2) is 18.2 Å². The number of amides is 1. The zero-order valence-electron chi connectivity index (χ0n) is 10.5. The van der Waals surface area contributed by atoms with Crippen molar-refractivity contribution >= 4 is 17.5 Å². The van der Waals surface area contributed by atoms with Crippen molar-refractivity contribution in [1.82, 2.24) is 10.2 Å². The summed E-state index contributed by atoms with van der Waals surface area (Å²) >= 11 is 5.64. The van der Waals surface area contributed by atoms with Crippen molar-refractivity contribution in [2.45, 2.75) is 6.42 Å². The molecule has 19 heavy (non-hydrogen) atoms. The molecule has 0 aliphatic carbocycles. The van der Waals surface area contributed by atoms with Crippen LogP contribution in [0.4, 0.5) is 4.39 Å². The maximum absolute atomic E-state index is 13.5. The number of halogens is 2. The van der Waals surface area contributed by atoms with Gasteiger partial charge in [0.05, 0.1) is 18.1 Å². The van der Waals surface area contributed by atoms with E-state index in [1.54, 1.807) is 11.0 Å². The highest BCUT2D eigenvalue weighted by atomic mass is 35.5. The largest absolute Gasteiger partial charge is 0.490 e. The van der Waals surface area contributed by atoms with Gasteiger partial charge in [0.2, 0.25) is 5.91 Å². The minimum Gasteiger partial charge on any atom is -0.490 e. The molecule has 0 spiro atoms. The third kappa shape index (κ3) is 3.81. The molecule has 0 radical (unpaired) electrons. The fraction of sp³-hybridized carbons (Fsp3) is 0.462. The summed E-state index contributed by atoms with van der Waals surface area (Å²) in [4.78, 5) is 13.6. The molecular formula is C13H16ClFN2O2. The van der Waals surface area contributed by atoms with Gasteiger partial charge in [0.1, 0.15) is 0 Å². The highest BCUT2D eigenvalue weighted by Crippen LogP contribution is 2.24. The lowest BCUT2D eigenvalue weighted by atomic mass is 10.3. The molecule has 1 fully saturated rings. The Morgan fingerprint density at radius 3 is 2.89 bits per heavy atom. The Balaban J connectivity index is 1.79. The Labute approximate surface area is 116 Å². The predicted molar refractivity (Wildman–Crippen MR) is 71.0 cm³/mol. The van der Waals surface area contributed by atoms with Gasteiger partial charge in [0.25, 0.3) is 0 Å². The molecule has 1 aliphatic heterocycles. The van der Waals surface area contributed by atoms with E-state index in [0.717, 1.165) is 13.1 Å². The molecule has 0 saturated carbocycles. The first kappa shape index (κ1) is 14.1. The van der Waals surface area contributed by atoms with Gasteiger partial charge in [-0.2, -0.15) is 0 Å². The molecule has 0 atom stereocenters. The van der Waals surface area contributed by atoms with Gasteiger partial charge in [-0.25, -0.2) is 4.39 Å². The number of hydrogen-bond donors (Lipinski definition) is 1. The number of carbonyl (C=O) groups excluding carboxylic acids is 1. The molecule has 104 valence electrons. The molecule has 1 N–H and O–H groups in total. The van der Waals surface area contributed by atoms with Crippen LogP contribution >= 0.6 is 11.6 Å². The third-order valence-corrected chi connectivity index (χ3v) is 3.25. The number of rotatable bonds is 4. The maximum Gasteiger partial charge on any atom is 0.226 e. The van der Waals surface area contributed by atoms with Crippen molar-refractivity contribution in [3.63, 3.8) is 0 Å². The normalized spacial score (nSPS) is 15.4. The summed E-state index contributed by atoms with van der Waals surface area (Å²) in [7, 11) is 0. The van der Waals surface area contributed by atoms with Crippen LogP contribution < -0.4 is 10.1 Å². The number of nitrogens with one attached hydrogen (secondary N) is 1. The van der Waals surface area contributed by atoms with Gasteiger partial charge >= 0.3 is 0 Å². The van der Waals surface area contributed by atoms with Crippen LogP contribution in [0.2, 0.25) is 5.02 Å². The van der Waals surface area contributed by atoms with Crippen molar-refractivity contribution in [3.8, 4) is 5.75 Å². The highest BCUT2D eigenvalue weighted by Gasteiger charge is 2.16. The van der Waals surface area contributed by atoms with E-state index in [2.05, 4.69) is 5.32 Å². The highest BCUT2D eigenvalue weighted by molar-refractivity contribution is 6.30. The molecule has 6 heteroatoms. The summed E-state index contributed by atoms with van der Waals surface area (Å²) in [5, 5.41) is 3.20. The molecule has 1 heterocycles. The molecule has 1 aromatic carbocycles. The number of hydrogen-bond acceptors (Lipinski definition) is 3. The molecular weight excluding hydrogens is 271 g/mol. The van der Waals surface area contributed by atoms with Crippen LogP contribution in [-0.2, 0) is 4.79 Å². The van der Waals surface area contributed by atoms with Gasteiger partial charge in [-0.1, -0.05) is 17.7 Å². The van der Waals surface area contributed by atoms with E-state index in [4.69, 9.17) is 16.3 Å². The van der Waals surface area contributed by atoms with Crippen molar-refractivity contribution < 1.29 is 13.9 Å². The van der Waals surface area contributed by atoms with Gasteiger partial charge in [0, 0.05) is 26.2 Å². The number of carbonyl (C=O) groups is 1. The van der Waals surface area contributed by atoms with Gasteiger partial charge < -0.3 is 15.0 Å². The molecule has 0 aromatic heterocycles. The second-order valence-corrected chi connectivity index (χ2v) is 4.69. The Morgan fingerprint density at radius 1 is 1.42 bits per heavy atom. The standard InChI is InChI=1S/C13H16ClFN2O2/c14-10-2-1-3-11(13(10)15)19-9-4-12(18)17-7-5-16-6-8-17/h1-3,16H,4-9H2. The van der Waals surface area contributed by atoms with Gasteiger partial charge in [0.15, 0.2) is 11.6 Å². The summed E-state index contributed by atoms with van der Waals surface area (Å²) in [6.45, 7) is 3.21. The SMILES string of the molecule is O=C(CCOc1cccc(Cl)c1F)N1CCNCC1. The predicted octanol–water partition coefficient (Wildman–Crippen LogP) is 1.68. The molecule has 1 saturated heterocycles. The number of benzene rings is 1. The van der Waals surface area contributed by atoms with E-state index < -0.39 is 5.82 Å². The summed E-state index contributed by atoms with van der Waals surface area (Å²) in [6.07, 6.45) is 0.242. The first-order valence-electron chi connectivity index (χ1n) is 6.24. The second-order valence-electron chi connectivity index (χ2n) is 4.28. The Morgan fingerprint density at radius 2 is 2.16 bits per heavy atom. The molecule has 1 amide bonds. The fourth-order valence-electron chi connectivity index (χ4n) is 1.92. The Kier molecular flexibility index (Phi) is 4.99. The molecule has 0 unspecified atom stereocenters. The summed E-state index contributed by atoms with van der Waals surface area (Å²) in [5.41, 5.74) is 0. The van der Waals surface area contributed by atoms with E-state index >= 15 is 0 Å². The minimum absolute atomic E-state index is 0.0194. The van der Waals surface area contributed by atoms with Crippen molar-refractivity contribution in [2.24, 2.45) is 0 Å². The van der Waals surface area contributed by atoms with E-state index in [-0.39, 0.29) is 29.7 Å². The summed E-state index contributed by atoms with van der Waals surface area (Å²) in [5.74, 6) is -0.469. The van der Waals surface area contributed by atoms with Crippen LogP contribution in [0.3, 0.4) is 0 Å². The van der Waals surface area contributed by atoms with Crippen LogP contribution in [0, 0.1) is 5.82 Å². The molecule has 0 bridgehead atoms. The van der Waals surface area contributed by atoms with Crippen molar-refractivity contribution in [1.29, 1.82) is 0 Å². The minimum atomic E-state index is -0.584. The average Bonchev–Trinajstić information content (AvgIpc) is 2.44. The lowest BCUT2D eigenvalue weighted by Gasteiger charge is -2.27. The molecule has 2 rings (SSSR count). The zero-order chi connectivity index (χ0) is 13.7. The van der Waals surface area contributed by atoms with E-state index in [9.17, 15) is 9.18 Å². The Bertz CT molecular complexity index is 450. The van der Waals surface area contributed by atoms with Crippen molar-refractivity contribution in [2.75, 3.05) is 32.8 Å². The Hall–Kier alpha value is -1.33. The quantitative estimate of drug-likeness (QED) is 0.916. The smallest absolute Gasteiger partial charge is 0.226 e. The lowest BCUT2D eigenvalue weighted by molar-refractivity contribution is -0.132. The molecule has 1 aromatic rings. The first-order valence-corrected chi connectivity index (χ1v) is 6.61. The van der Waals surface area contributed by atoms with E-state index in [0.29, 0.717) is 13.1 Å². The van der Waals surface area contributed by atoms with Gasteiger partial charge in [-0.05, 0) is 12.1 Å². The van der Waals surface area contributed by atoms with Crippen molar-refractivity contribution in [3.05, 3.63) is 29.0 Å². The van der Waals surface area contributed by atoms with E-state index in [1.807, 2.05) is 0 Å². The topological polar surface area (TPSA) is 41.6 Å². The monoisotopic (exact) mass is 286 g/mol. The number of ether oxygens (including phenoxy) is 1. The van der Waals surface area contributed by atoms with Crippen LogP contribution in [0.5, 0.6) is 5.75 Å². The van der Waals surface area contributed by atoms with E-state index in [1.165, 1.54) is 12.1 Å². The summed E-state index contributed by atoms with van der Waals surface area (Å²) < 4.78 is 18.8. The van der Waals surface area contributed by atoms with Gasteiger partial charge in [-0.3, -0.25) is 4.79 Å². The molecule has 4 nitrogen and oxygen atoms in total. The number of piperazine rings is 1. The fourth-order valence-corrected chi connectivity index (χ4v) is 2.08. The average molecular weight is 287 g/mol. The second kappa shape index (κ2) is 6.73. The van der Waals surface area contributed by atoms with Crippen LogP contribution in [-0.4, -0.2) is 43.6 Å². The maximum atomic E-state index is 13.5. The number of nitrogens with zero attached hydrogens (tertiary/aromatic N) is 1. The third-order valence-electron chi connectivity index (χ3n) is 2.96. The van der Waals surface area contributed by atoms with Crippen LogP contribution in [0.1, 0.15) is 6.42 Å². The lowest BCUT2D eigenvalue weighted by Crippen LogP contribution is -2.46. The first-order chi connectivity index (χ1) is 9.18. The summed E-state index contributed by atoms with van der Waals surface area (Å²) in [6, 6.07) is 4.56. The molecule has 1 aliphatic rings. The zero-order valence-corrected chi connectivity index (χ0v) is 11.3. The van der Waals surface area contributed by atoms with Gasteiger partial charge in [-0.15, -0.1) is 0 Å². The van der Waals surface area contributed by atoms with Crippen LogP contribution in [0.25, 0.3) is 0 Å².